The molecule has 2 aromatic carbocycles. The largest absolute Gasteiger partial charge is 0.493 e. The van der Waals surface area contributed by atoms with Crippen molar-refractivity contribution < 1.29 is 14.3 Å². The van der Waals surface area contributed by atoms with Crippen molar-refractivity contribution in [2.24, 2.45) is 0 Å². The van der Waals surface area contributed by atoms with E-state index < -0.39 is 0 Å². The van der Waals surface area contributed by atoms with E-state index in [0.29, 0.717) is 31.1 Å². The van der Waals surface area contributed by atoms with Crippen LogP contribution in [0.25, 0.3) is 0 Å². The maximum atomic E-state index is 13.3. The Balaban J connectivity index is 2.38. The number of likely N-dealkylation sites (N-methyl/N-ethyl adjacent to an activating group) is 2. The average Bonchev–Trinajstić information content (AvgIpc) is 2.71. The first-order valence-corrected chi connectivity index (χ1v) is 9.72. The molecule has 5 heteroatoms. The molecule has 0 spiro atoms. The number of nitrogens with zero attached hydrogens (tertiary/aromatic N) is 2. The standard InChI is InChI=1S/C23H32N2O3/c1-7-25(8-2)23(26)22(18-12-10-9-11-13-18)24(4)16-19-15-21(28-6)20(27-5)14-17(19)3/h9-15,22H,7-8,16H2,1-6H3. The molecule has 0 heterocycles. The van der Waals surface area contributed by atoms with Gasteiger partial charge in [-0.25, -0.2) is 0 Å². The third-order valence-electron chi connectivity index (χ3n) is 5.13. The minimum Gasteiger partial charge on any atom is -0.493 e. The van der Waals surface area contributed by atoms with Crippen LogP contribution in [0.4, 0.5) is 0 Å². The zero-order valence-electron chi connectivity index (χ0n) is 17.9. The van der Waals surface area contributed by atoms with Gasteiger partial charge in [0, 0.05) is 19.6 Å². The van der Waals surface area contributed by atoms with Gasteiger partial charge in [0.05, 0.1) is 14.2 Å². The molecular formula is C23H32N2O3. The molecule has 0 aliphatic rings. The first-order valence-electron chi connectivity index (χ1n) is 9.72. The molecule has 0 N–H and O–H groups in total. The predicted molar refractivity (Wildman–Crippen MR) is 113 cm³/mol. The molecule has 1 atom stereocenters. The summed E-state index contributed by atoms with van der Waals surface area (Å²) in [5.74, 6) is 1.53. The van der Waals surface area contributed by atoms with Crippen molar-refractivity contribution >= 4 is 5.91 Å². The van der Waals surface area contributed by atoms with Crippen molar-refractivity contribution in [3.63, 3.8) is 0 Å². The van der Waals surface area contributed by atoms with Gasteiger partial charge in [-0.3, -0.25) is 9.69 Å². The number of amides is 1. The summed E-state index contributed by atoms with van der Waals surface area (Å²) in [5, 5.41) is 0. The summed E-state index contributed by atoms with van der Waals surface area (Å²) < 4.78 is 10.9. The molecule has 1 amide bonds. The molecular weight excluding hydrogens is 352 g/mol. The number of carbonyl (C=O) groups is 1. The van der Waals surface area contributed by atoms with E-state index in [1.165, 1.54) is 0 Å². The molecule has 152 valence electrons. The van der Waals surface area contributed by atoms with Gasteiger partial charge in [0.1, 0.15) is 6.04 Å². The minimum absolute atomic E-state index is 0.122. The number of hydrogen-bond acceptors (Lipinski definition) is 4. The lowest BCUT2D eigenvalue weighted by atomic mass is 10.0. The summed E-state index contributed by atoms with van der Waals surface area (Å²) in [7, 11) is 5.27. The Labute approximate surface area is 168 Å². The zero-order chi connectivity index (χ0) is 20.7. The van der Waals surface area contributed by atoms with E-state index in [2.05, 4.69) is 11.8 Å². The number of ether oxygens (including phenoxy) is 2. The summed E-state index contributed by atoms with van der Waals surface area (Å²) in [6.07, 6.45) is 0. The summed E-state index contributed by atoms with van der Waals surface area (Å²) in [6.45, 7) is 8.10. The SMILES string of the molecule is CCN(CC)C(=O)C(c1ccccc1)N(C)Cc1cc(OC)c(OC)cc1C. The van der Waals surface area contributed by atoms with E-state index in [1.54, 1.807) is 14.2 Å². The quantitative estimate of drug-likeness (QED) is 0.654. The smallest absolute Gasteiger partial charge is 0.244 e. The van der Waals surface area contributed by atoms with Crippen molar-refractivity contribution in [1.82, 2.24) is 9.80 Å². The van der Waals surface area contributed by atoms with Gasteiger partial charge in [0.2, 0.25) is 5.91 Å². The molecule has 2 aromatic rings. The van der Waals surface area contributed by atoms with E-state index in [4.69, 9.17) is 9.47 Å². The molecule has 1 unspecified atom stereocenters. The molecule has 28 heavy (non-hydrogen) atoms. The summed E-state index contributed by atoms with van der Waals surface area (Å²) >= 11 is 0. The molecule has 0 fully saturated rings. The second-order valence-corrected chi connectivity index (χ2v) is 6.87. The van der Waals surface area contributed by atoms with Gasteiger partial charge < -0.3 is 14.4 Å². The highest BCUT2D eigenvalue weighted by Crippen LogP contribution is 2.32. The van der Waals surface area contributed by atoms with Crippen LogP contribution in [0.3, 0.4) is 0 Å². The second-order valence-electron chi connectivity index (χ2n) is 6.87. The Bertz CT molecular complexity index is 773. The molecule has 0 aromatic heterocycles. The first-order chi connectivity index (χ1) is 13.5. The van der Waals surface area contributed by atoms with Gasteiger partial charge in [0.25, 0.3) is 0 Å². The van der Waals surface area contributed by atoms with Gasteiger partial charge in [-0.15, -0.1) is 0 Å². The fourth-order valence-corrected chi connectivity index (χ4v) is 3.48. The van der Waals surface area contributed by atoms with Gasteiger partial charge in [-0.1, -0.05) is 30.3 Å². The Morgan fingerprint density at radius 1 is 1.00 bits per heavy atom. The molecule has 0 bridgehead atoms. The number of aryl methyl sites for hydroxylation is 1. The van der Waals surface area contributed by atoms with Crippen LogP contribution in [0.15, 0.2) is 42.5 Å². The zero-order valence-corrected chi connectivity index (χ0v) is 17.9. The van der Waals surface area contributed by atoms with E-state index in [1.807, 2.05) is 68.3 Å². The highest BCUT2D eigenvalue weighted by molar-refractivity contribution is 5.83. The number of carbonyl (C=O) groups excluding carboxylic acids is 1. The van der Waals surface area contributed by atoms with Gasteiger partial charge in [0.15, 0.2) is 11.5 Å². The van der Waals surface area contributed by atoms with Crippen molar-refractivity contribution in [3.05, 3.63) is 59.2 Å². The lowest BCUT2D eigenvalue weighted by molar-refractivity contribution is -0.136. The monoisotopic (exact) mass is 384 g/mol. The first kappa shape index (κ1) is 21.8. The topological polar surface area (TPSA) is 42.0 Å². The number of hydrogen-bond donors (Lipinski definition) is 0. The Morgan fingerprint density at radius 3 is 2.11 bits per heavy atom. The third kappa shape index (κ3) is 4.84. The van der Waals surface area contributed by atoms with E-state index in [9.17, 15) is 4.79 Å². The second kappa shape index (κ2) is 10.1. The summed E-state index contributed by atoms with van der Waals surface area (Å²) in [5.41, 5.74) is 3.21. The number of methoxy groups -OCH3 is 2. The molecule has 5 nitrogen and oxygen atoms in total. The summed E-state index contributed by atoms with van der Waals surface area (Å²) in [6, 6.07) is 13.6. The highest BCUT2D eigenvalue weighted by Gasteiger charge is 2.28. The maximum Gasteiger partial charge on any atom is 0.244 e. The number of benzene rings is 2. The van der Waals surface area contributed by atoms with Gasteiger partial charge >= 0.3 is 0 Å². The predicted octanol–water partition coefficient (Wildman–Crippen LogP) is 4.05. The van der Waals surface area contributed by atoms with Crippen LogP contribution >= 0.6 is 0 Å². The van der Waals surface area contributed by atoms with Crippen molar-refractivity contribution in [1.29, 1.82) is 0 Å². The summed E-state index contributed by atoms with van der Waals surface area (Å²) in [4.78, 5) is 17.3. The fourth-order valence-electron chi connectivity index (χ4n) is 3.48. The minimum atomic E-state index is -0.339. The molecule has 0 aliphatic carbocycles. The normalized spacial score (nSPS) is 12.0. The van der Waals surface area contributed by atoms with E-state index >= 15 is 0 Å². The lowest BCUT2D eigenvalue weighted by Gasteiger charge is -2.32. The molecule has 0 saturated carbocycles. The van der Waals surface area contributed by atoms with Crippen molar-refractivity contribution in [2.75, 3.05) is 34.4 Å². The van der Waals surface area contributed by atoms with Crippen LogP contribution in [0.1, 0.15) is 36.6 Å². The van der Waals surface area contributed by atoms with E-state index in [-0.39, 0.29) is 11.9 Å². The van der Waals surface area contributed by atoms with Crippen LogP contribution in [0.5, 0.6) is 11.5 Å². The van der Waals surface area contributed by atoms with Crippen LogP contribution in [-0.2, 0) is 11.3 Å². The highest BCUT2D eigenvalue weighted by atomic mass is 16.5. The molecule has 2 rings (SSSR count). The lowest BCUT2D eigenvalue weighted by Crippen LogP contribution is -2.41. The fraction of sp³-hybridized carbons (Fsp3) is 0.435. The maximum absolute atomic E-state index is 13.3. The molecule has 0 radical (unpaired) electrons. The van der Waals surface area contributed by atoms with Gasteiger partial charge in [-0.2, -0.15) is 0 Å². The van der Waals surface area contributed by atoms with Crippen molar-refractivity contribution in [2.45, 2.75) is 33.4 Å². The Kier molecular flexibility index (Phi) is 7.88. The molecule has 0 aliphatic heterocycles. The number of rotatable bonds is 9. The van der Waals surface area contributed by atoms with Gasteiger partial charge in [-0.05, 0) is 56.6 Å². The Hall–Kier alpha value is -2.53. The van der Waals surface area contributed by atoms with Crippen LogP contribution < -0.4 is 9.47 Å². The average molecular weight is 385 g/mol. The van der Waals surface area contributed by atoms with Crippen molar-refractivity contribution in [3.8, 4) is 11.5 Å². The van der Waals surface area contributed by atoms with Crippen LogP contribution in [0.2, 0.25) is 0 Å². The Morgan fingerprint density at radius 2 is 1.57 bits per heavy atom. The third-order valence-corrected chi connectivity index (χ3v) is 5.13. The van der Waals surface area contributed by atoms with Crippen LogP contribution in [0, 0.1) is 6.92 Å². The van der Waals surface area contributed by atoms with E-state index in [0.717, 1.165) is 16.7 Å². The van der Waals surface area contributed by atoms with Crippen LogP contribution in [-0.4, -0.2) is 50.1 Å². The molecule has 0 saturated heterocycles.